The molecule has 0 radical (unpaired) electrons. The summed E-state index contributed by atoms with van der Waals surface area (Å²) in [5, 5.41) is 15.2. The minimum absolute atomic E-state index is 0. The van der Waals surface area contributed by atoms with Crippen molar-refractivity contribution in [2.45, 2.75) is 132 Å². The summed E-state index contributed by atoms with van der Waals surface area (Å²) in [5.41, 5.74) is 17.8. The summed E-state index contributed by atoms with van der Waals surface area (Å²) in [6.07, 6.45) is 1.94. The van der Waals surface area contributed by atoms with Crippen LogP contribution in [0.5, 0.6) is 5.75 Å². The van der Waals surface area contributed by atoms with Crippen LogP contribution in [0.1, 0.15) is 126 Å². The second kappa shape index (κ2) is 19.2. The Morgan fingerprint density at radius 3 is 1.77 bits per heavy atom. The molecule has 75 heavy (non-hydrogen) atoms. The summed E-state index contributed by atoms with van der Waals surface area (Å²) in [6, 6.07) is 56.8. The van der Waals surface area contributed by atoms with Crippen molar-refractivity contribution in [2.24, 2.45) is 5.41 Å². The van der Waals surface area contributed by atoms with E-state index in [0.717, 1.165) is 79.0 Å². The largest absolute Gasteiger partial charge is 0.507 e. The summed E-state index contributed by atoms with van der Waals surface area (Å²) >= 11 is 0. The van der Waals surface area contributed by atoms with Gasteiger partial charge in [-0.1, -0.05) is 206 Å². The number of phenols is 1. The maximum absolute atomic E-state index is 12.7. The Hall–Kier alpha value is -6.55. The van der Waals surface area contributed by atoms with Crippen molar-refractivity contribution >= 4 is 32.8 Å². The first-order valence-electron chi connectivity index (χ1n) is 26.4. The molecule has 6 heteroatoms. The number of phenolic OH excluding ortho intramolecular Hbond substituents is 1. The zero-order valence-electron chi connectivity index (χ0n) is 46.7. The van der Waals surface area contributed by atoms with E-state index in [-0.39, 0.29) is 53.9 Å². The number of imidazole rings is 1. The molecule has 5 nitrogen and oxygen atoms in total. The van der Waals surface area contributed by atoms with Gasteiger partial charge in [0.05, 0.1) is 22.3 Å². The van der Waals surface area contributed by atoms with Gasteiger partial charge in [-0.05, 0) is 97.4 Å². The van der Waals surface area contributed by atoms with Crippen molar-refractivity contribution in [3.05, 3.63) is 180 Å². The Morgan fingerprint density at radius 2 is 1.09 bits per heavy atom. The Morgan fingerprint density at radius 1 is 0.480 bits per heavy atom. The normalized spacial score (nSPS) is 12.7. The van der Waals surface area contributed by atoms with E-state index in [1.807, 2.05) is 6.20 Å². The molecular weight excluding hydrogens is 1100 g/mol. The van der Waals surface area contributed by atoms with Crippen molar-refractivity contribution < 1.29 is 26.2 Å². The van der Waals surface area contributed by atoms with Gasteiger partial charge in [-0.2, -0.15) is 0 Å². The van der Waals surface area contributed by atoms with Gasteiger partial charge in [0.25, 0.3) is 0 Å². The monoisotopic (exact) mass is 1170 g/mol. The fourth-order valence-corrected chi connectivity index (χ4v) is 10.5. The van der Waals surface area contributed by atoms with Gasteiger partial charge in [-0.15, -0.1) is 29.3 Å². The minimum Gasteiger partial charge on any atom is -0.507 e. The summed E-state index contributed by atoms with van der Waals surface area (Å²) < 4.78 is 4.78. The third kappa shape index (κ3) is 10.3. The SMILES string of the molecule is CC(C)(C)Cn1c2ccccc2c2ccc(-c3ccnc(-c4[c-]c(-c5cccc6c5nc(-c5cc(C(C)(C)C)cc(C(C)(C)C)c5O)n6-c5ccc(C(C)(C)C)cc5-c5ccccc5)cc(C(C)(C)C)c4)c3)cc21.[Pt]. The quantitative estimate of drug-likeness (QED) is 0.162. The van der Waals surface area contributed by atoms with Crippen LogP contribution in [0.4, 0.5) is 0 Å². The molecule has 0 aliphatic carbocycles. The molecule has 10 rings (SSSR count). The average Bonchev–Trinajstić information content (AvgIpc) is 3.87. The molecule has 0 atom stereocenters. The Balaban J connectivity index is 0.00000689. The third-order valence-electron chi connectivity index (χ3n) is 14.7. The fourth-order valence-electron chi connectivity index (χ4n) is 10.5. The van der Waals surface area contributed by atoms with E-state index in [1.165, 1.54) is 32.9 Å². The molecule has 0 aliphatic heterocycles. The van der Waals surface area contributed by atoms with E-state index in [0.29, 0.717) is 11.4 Å². The third-order valence-corrected chi connectivity index (χ3v) is 14.7. The van der Waals surface area contributed by atoms with Crippen molar-refractivity contribution in [3.63, 3.8) is 0 Å². The van der Waals surface area contributed by atoms with Crippen LogP contribution in [-0.4, -0.2) is 24.2 Å². The van der Waals surface area contributed by atoms with Crippen molar-refractivity contribution in [2.75, 3.05) is 0 Å². The molecule has 0 bridgehead atoms. The van der Waals surface area contributed by atoms with Gasteiger partial charge in [0.1, 0.15) is 11.6 Å². The standard InChI is InChI=1S/C69H73N4O.Pt/c1-65(2,3)42-72-58-26-20-19-24-52(58)53-30-28-44(38-61(53)72)45-32-33-70-57(37-45)47-34-46(35-49(36-47)67(7,8)9)51-25-21-27-60-62(51)71-64(55-40-50(68(10,11)12)41-56(63(55)74)69(13,14)15)73(60)59-31-29-48(66(4,5)6)39-54(59)43-22-17-16-18-23-43;/h16-33,35-41,74H,42H2,1-15H3;/q-1;. The molecule has 0 saturated heterocycles. The first kappa shape index (κ1) is 53.3. The van der Waals surface area contributed by atoms with Crippen LogP contribution in [-0.2, 0) is 49.3 Å². The van der Waals surface area contributed by atoms with Gasteiger partial charge in [-0.3, -0.25) is 9.55 Å². The number of pyridine rings is 1. The second-order valence-corrected chi connectivity index (χ2v) is 26.0. The molecule has 3 aromatic heterocycles. The Labute approximate surface area is 460 Å². The number of hydrogen-bond acceptors (Lipinski definition) is 3. The smallest absolute Gasteiger partial charge is 0.148 e. The Bertz CT molecular complexity index is 3780. The number of benzene rings is 7. The molecule has 1 N–H and O–H groups in total. The number of hydrogen-bond donors (Lipinski definition) is 1. The van der Waals surface area contributed by atoms with Crippen LogP contribution in [0, 0.1) is 11.5 Å². The molecule has 3 heterocycles. The van der Waals surface area contributed by atoms with Crippen LogP contribution < -0.4 is 0 Å². The molecule has 0 unspecified atom stereocenters. The van der Waals surface area contributed by atoms with Crippen LogP contribution in [0.2, 0.25) is 0 Å². The van der Waals surface area contributed by atoms with Crippen LogP contribution in [0.3, 0.4) is 0 Å². The first-order chi connectivity index (χ1) is 34.7. The van der Waals surface area contributed by atoms with Gasteiger partial charge in [0.15, 0.2) is 0 Å². The van der Waals surface area contributed by atoms with Crippen molar-refractivity contribution in [1.29, 1.82) is 0 Å². The molecule has 0 aliphatic rings. The summed E-state index contributed by atoms with van der Waals surface area (Å²) in [7, 11) is 0. The summed E-state index contributed by atoms with van der Waals surface area (Å²) in [5.74, 6) is 0.933. The van der Waals surface area contributed by atoms with E-state index in [2.05, 4.69) is 265 Å². The Kier molecular flexibility index (Phi) is 13.7. The number of para-hydroxylation sites is 2. The fraction of sp³-hybridized carbons (Fsp3) is 0.304. The van der Waals surface area contributed by atoms with E-state index in [1.54, 1.807) is 0 Å². The number of aromatic nitrogens is 4. The molecule has 0 amide bonds. The van der Waals surface area contributed by atoms with E-state index in [4.69, 9.17) is 9.97 Å². The average molecular weight is 1170 g/mol. The second-order valence-electron chi connectivity index (χ2n) is 26.0. The molecule has 7 aromatic carbocycles. The van der Waals surface area contributed by atoms with Crippen LogP contribution >= 0.6 is 0 Å². The number of rotatable bonds is 7. The first-order valence-corrected chi connectivity index (χ1v) is 26.4. The molecule has 386 valence electrons. The predicted octanol–water partition coefficient (Wildman–Crippen LogP) is 18.6. The molecule has 10 aromatic rings. The zero-order chi connectivity index (χ0) is 52.9. The van der Waals surface area contributed by atoms with E-state index < -0.39 is 0 Å². The van der Waals surface area contributed by atoms with Gasteiger partial charge in [0.2, 0.25) is 0 Å². The molecule has 0 fully saturated rings. The van der Waals surface area contributed by atoms with Crippen LogP contribution in [0.15, 0.2) is 152 Å². The maximum atomic E-state index is 12.7. The molecular formula is C69H73N4OPt-. The summed E-state index contributed by atoms with van der Waals surface area (Å²) in [6.45, 7) is 34.7. The van der Waals surface area contributed by atoms with Gasteiger partial charge in [-0.25, -0.2) is 4.98 Å². The van der Waals surface area contributed by atoms with Crippen molar-refractivity contribution in [1.82, 2.24) is 19.1 Å². The molecule has 0 saturated carbocycles. The van der Waals surface area contributed by atoms with E-state index >= 15 is 0 Å². The topological polar surface area (TPSA) is 55.9 Å². The molecule has 0 spiro atoms. The van der Waals surface area contributed by atoms with Gasteiger partial charge in [0, 0.05) is 72.4 Å². The summed E-state index contributed by atoms with van der Waals surface area (Å²) in [4.78, 5) is 10.8. The predicted molar refractivity (Wildman–Crippen MR) is 314 cm³/mol. The van der Waals surface area contributed by atoms with Crippen LogP contribution in [0.25, 0.3) is 94.6 Å². The van der Waals surface area contributed by atoms with Gasteiger partial charge < -0.3 is 9.67 Å². The van der Waals surface area contributed by atoms with E-state index in [9.17, 15) is 5.11 Å². The minimum atomic E-state index is -0.339. The van der Waals surface area contributed by atoms with Crippen molar-refractivity contribution in [3.8, 4) is 67.5 Å². The zero-order valence-corrected chi connectivity index (χ0v) is 49.0. The number of nitrogens with zero attached hydrogens (tertiary/aromatic N) is 4. The number of fused-ring (bicyclic) bond motifs is 4. The van der Waals surface area contributed by atoms with Gasteiger partial charge >= 0.3 is 0 Å². The maximum Gasteiger partial charge on any atom is 0.148 e. The number of aromatic hydroxyl groups is 1.